The van der Waals surface area contributed by atoms with Gasteiger partial charge >= 0.3 is 0 Å². The highest BCUT2D eigenvalue weighted by Crippen LogP contribution is 2.19. The van der Waals surface area contributed by atoms with Crippen molar-refractivity contribution in [2.24, 2.45) is 0 Å². The summed E-state index contributed by atoms with van der Waals surface area (Å²) in [5.74, 6) is 0.887. The van der Waals surface area contributed by atoms with Gasteiger partial charge in [-0.2, -0.15) is 0 Å². The van der Waals surface area contributed by atoms with Gasteiger partial charge in [0, 0.05) is 30.7 Å². The molecule has 2 aromatic heterocycles. The number of hydrogen-bond donors (Lipinski definition) is 2. The molecule has 6 heteroatoms. The van der Waals surface area contributed by atoms with Gasteiger partial charge in [0.2, 0.25) is 0 Å². The van der Waals surface area contributed by atoms with Crippen LogP contribution in [-0.2, 0) is 6.54 Å². The van der Waals surface area contributed by atoms with Crippen LogP contribution in [0.25, 0.3) is 0 Å². The van der Waals surface area contributed by atoms with Crippen LogP contribution in [-0.4, -0.2) is 20.9 Å². The third-order valence-corrected chi connectivity index (χ3v) is 4.05. The van der Waals surface area contributed by atoms with Crippen LogP contribution in [0.5, 0.6) is 0 Å². The van der Waals surface area contributed by atoms with Gasteiger partial charge in [0.25, 0.3) is 5.91 Å². The van der Waals surface area contributed by atoms with Crippen molar-refractivity contribution in [2.75, 3.05) is 5.32 Å². The average molecular weight is 347 g/mol. The minimum atomic E-state index is -0.240. The van der Waals surface area contributed by atoms with Crippen LogP contribution in [0.1, 0.15) is 33.0 Å². The summed E-state index contributed by atoms with van der Waals surface area (Å²) in [6.07, 6.45) is 3.39. The minimum Gasteiger partial charge on any atom is -0.347 e. The summed E-state index contributed by atoms with van der Waals surface area (Å²) in [6, 6.07) is 11.5. The van der Waals surface area contributed by atoms with Crippen molar-refractivity contribution in [3.63, 3.8) is 0 Å². The lowest BCUT2D eigenvalue weighted by Gasteiger charge is -2.10. The van der Waals surface area contributed by atoms with Crippen molar-refractivity contribution in [2.45, 2.75) is 27.3 Å². The van der Waals surface area contributed by atoms with E-state index in [9.17, 15) is 4.79 Å². The Balaban J connectivity index is 1.74. The van der Waals surface area contributed by atoms with Crippen molar-refractivity contribution in [3.05, 3.63) is 77.0 Å². The highest BCUT2D eigenvalue weighted by atomic mass is 16.1. The van der Waals surface area contributed by atoms with Crippen molar-refractivity contribution >= 4 is 17.4 Å². The Morgan fingerprint density at radius 2 is 1.73 bits per heavy atom. The molecule has 6 nitrogen and oxygen atoms in total. The second-order valence-corrected chi connectivity index (χ2v) is 6.15. The molecule has 0 aliphatic carbocycles. The zero-order chi connectivity index (χ0) is 18.5. The third kappa shape index (κ3) is 4.42. The number of nitrogens with one attached hydrogen (secondary N) is 2. The lowest BCUT2D eigenvalue weighted by molar-refractivity contribution is 0.0945. The van der Waals surface area contributed by atoms with Gasteiger partial charge in [0.15, 0.2) is 0 Å². The molecule has 1 amide bonds. The number of rotatable bonds is 5. The van der Waals surface area contributed by atoms with Crippen LogP contribution in [0.3, 0.4) is 0 Å². The number of anilines is 2. The topological polar surface area (TPSA) is 79.8 Å². The van der Waals surface area contributed by atoms with E-state index in [0.717, 1.165) is 11.3 Å². The molecule has 1 aromatic carbocycles. The first kappa shape index (κ1) is 17.5. The summed E-state index contributed by atoms with van der Waals surface area (Å²) in [5, 5.41) is 6.11. The average Bonchev–Trinajstić information content (AvgIpc) is 2.63. The first-order valence-corrected chi connectivity index (χ1v) is 8.38. The predicted molar refractivity (Wildman–Crippen MR) is 101 cm³/mol. The zero-order valence-corrected chi connectivity index (χ0v) is 15.1. The fourth-order valence-corrected chi connectivity index (χ4v) is 2.49. The number of nitrogens with zero attached hydrogens (tertiary/aromatic N) is 3. The van der Waals surface area contributed by atoms with Gasteiger partial charge in [-0.3, -0.25) is 9.78 Å². The molecule has 0 radical (unpaired) electrons. The highest BCUT2D eigenvalue weighted by molar-refractivity contribution is 5.93. The molecule has 0 fully saturated rings. The number of aryl methyl sites for hydroxylation is 3. The summed E-state index contributed by atoms with van der Waals surface area (Å²) in [6.45, 7) is 6.32. The van der Waals surface area contributed by atoms with Gasteiger partial charge in [-0.15, -0.1) is 0 Å². The van der Waals surface area contributed by atoms with Crippen molar-refractivity contribution in [1.29, 1.82) is 0 Å². The fraction of sp³-hybridized carbons (Fsp3) is 0.200. The van der Waals surface area contributed by atoms with Crippen molar-refractivity contribution in [3.8, 4) is 0 Å². The van der Waals surface area contributed by atoms with Gasteiger partial charge < -0.3 is 10.6 Å². The third-order valence-electron chi connectivity index (χ3n) is 4.05. The second-order valence-electron chi connectivity index (χ2n) is 6.15. The number of benzene rings is 1. The number of amides is 1. The van der Waals surface area contributed by atoms with Gasteiger partial charge in [0.1, 0.15) is 17.3 Å². The van der Waals surface area contributed by atoms with Gasteiger partial charge in [-0.05, 0) is 61.7 Å². The van der Waals surface area contributed by atoms with Crippen LogP contribution in [0.2, 0.25) is 0 Å². The summed E-state index contributed by atoms with van der Waals surface area (Å²) >= 11 is 0. The van der Waals surface area contributed by atoms with E-state index in [1.807, 2.05) is 24.3 Å². The molecule has 132 valence electrons. The lowest BCUT2D eigenvalue weighted by atomic mass is 10.1. The molecule has 0 spiro atoms. The maximum Gasteiger partial charge on any atom is 0.270 e. The molecule has 2 heterocycles. The van der Waals surface area contributed by atoms with Gasteiger partial charge in [-0.25, -0.2) is 9.97 Å². The molecule has 0 aliphatic heterocycles. The van der Waals surface area contributed by atoms with Gasteiger partial charge in [0.05, 0.1) is 0 Å². The zero-order valence-electron chi connectivity index (χ0n) is 15.1. The first-order valence-electron chi connectivity index (χ1n) is 8.38. The van der Waals surface area contributed by atoms with Gasteiger partial charge in [-0.1, -0.05) is 6.07 Å². The number of hydrogen-bond acceptors (Lipinski definition) is 5. The minimum absolute atomic E-state index is 0.240. The molecule has 0 bridgehead atoms. The standard InChI is InChI=1S/C20H21N5O/c1-13-4-5-17(10-14(13)2)25-19-11-18(23-15(3)24-19)20(26)22-12-16-6-8-21-9-7-16/h4-11H,12H2,1-3H3,(H,22,26)(H,23,24,25). The molecule has 0 saturated carbocycles. The molecule has 0 saturated heterocycles. The predicted octanol–water partition coefficient (Wildman–Crippen LogP) is 3.47. The maximum absolute atomic E-state index is 12.4. The largest absolute Gasteiger partial charge is 0.347 e. The van der Waals surface area contributed by atoms with E-state index in [2.05, 4.69) is 45.5 Å². The van der Waals surface area contributed by atoms with E-state index < -0.39 is 0 Å². The van der Waals surface area contributed by atoms with E-state index in [1.165, 1.54) is 11.1 Å². The van der Waals surface area contributed by atoms with E-state index in [0.29, 0.717) is 23.9 Å². The number of pyridine rings is 1. The van der Waals surface area contributed by atoms with Crippen LogP contribution in [0.4, 0.5) is 11.5 Å². The Kier molecular flexibility index (Phi) is 5.22. The first-order chi connectivity index (χ1) is 12.5. The molecule has 3 rings (SSSR count). The molecule has 0 aliphatic rings. The highest BCUT2D eigenvalue weighted by Gasteiger charge is 2.11. The molecule has 0 unspecified atom stereocenters. The van der Waals surface area contributed by atoms with E-state index in [4.69, 9.17) is 0 Å². The Morgan fingerprint density at radius 3 is 2.46 bits per heavy atom. The van der Waals surface area contributed by atoms with E-state index in [1.54, 1.807) is 25.4 Å². The maximum atomic E-state index is 12.4. The summed E-state index contributed by atoms with van der Waals surface area (Å²) < 4.78 is 0. The SMILES string of the molecule is Cc1nc(Nc2ccc(C)c(C)c2)cc(C(=O)NCc2ccncc2)n1. The summed E-state index contributed by atoms with van der Waals surface area (Å²) in [7, 11) is 0. The lowest BCUT2D eigenvalue weighted by Crippen LogP contribution is -2.24. The van der Waals surface area contributed by atoms with Crippen molar-refractivity contribution in [1.82, 2.24) is 20.3 Å². The molecule has 3 aromatic rings. The normalized spacial score (nSPS) is 10.4. The Labute approximate surface area is 152 Å². The quantitative estimate of drug-likeness (QED) is 0.739. The number of carbonyl (C=O) groups is 1. The van der Waals surface area contributed by atoms with Crippen LogP contribution in [0.15, 0.2) is 48.8 Å². The number of aromatic nitrogens is 3. The smallest absolute Gasteiger partial charge is 0.270 e. The van der Waals surface area contributed by atoms with E-state index >= 15 is 0 Å². The molecular weight excluding hydrogens is 326 g/mol. The summed E-state index contributed by atoms with van der Waals surface area (Å²) in [4.78, 5) is 25.0. The molecule has 26 heavy (non-hydrogen) atoms. The molecular formula is C20H21N5O. The molecule has 2 N–H and O–H groups in total. The van der Waals surface area contributed by atoms with Crippen LogP contribution < -0.4 is 10.6 Å². The Bertz CT molecular complexity index is 925. The second kappa shape index (κ2) is 7.74. The Morgan fingerprint density at radius 1 is 0.962 bits per heavy atom. The van der Waals surface area contributed by atoms with E-state index in [-0.39, 0.29) is 5.91 Å². The Hall–Kier alpha value is -3.28. The fourth-order valence-electron chi connectivity index (χ4n) is 2.49. The van der Waals surface area contributed by atoms with Crippen LogP contribution in [0, 0.1) is 20.8 Å². The molecule has 0 atom stereocenters. The monoisotopic (exact) mass is 347 g/mol. The van der Waals surface area contributed by atoms with Crippen molar-refractivity contribution < 1.29 is 4.79 Å². The summed E-state index contributed by atoms with van der Waals surface area (Å²) in [5.41, 5.74) is 4.65. The van der Waals surface area contributed by atoms with Crippen LogP contribution >= 0.6 is 0 Å². The number of carbonyl (C=O) groups excluding carboxylic acids is 1.